The molecule has 1 aromatic carbocycles. The highest BCUT2D eigenvalue weighted by atomic mass is 19.3. The van der Waals surface area contributed by atoms with Gasteiger partial charge in [0.1, 0.15) is 5.82 Å². The predicted molar refractivity (Wildman–Crippen MR) is 77.4 cm³/mol. The van der Waals surface area contributed by atoms with Crippen molar-refractivity contribution in [2.24, 2.45) is 0 Å². The first-order valence-corrected chi connectivity index (χ1v) is 6.56. The third kappa shape index (κ3) is 2.68. The van der Waals surface area contributed by atoms with Gasteiger partial charge in [-0.05, 0) is 12.1 Å². The summed E-state index contributed by atoms with van der Waals surface area (Å²) in [6.07, 6.45) is 1.01. The van der Waals surface area contributed by atoms with Gasteiger partial charge in [0.25, 0.3) is 11.2 Å². The zero-order valence-corrected chi connectivity index (χ0v) is 11.6. The van der Waals surface area contributed by atoms with Gasteiger partial charge in [-0.25, -0.2) is 4.98 Å². The molecule has 118 valence electrons. The van der Waals surface area contributed by atoms with Crippen LogP contribution in [0.1, 0.15) is 12.4 Å². The highest BCUT2D eigenvalue weighted by Gasteiger charge is 2.18. The van der Waals surface area contributed by atoms with Crippen LogP contribution < -0.4 is 5.56 Å². The molecule has 0 fully saturated rings. The summed E-state index contributed by atoms with van der Waals surface area (Å²) < 4.78 is 28.4. The van der Waals surface area contributed by atoms with Crippen LogP contribution in [0, 0.1) is 10.1 Å². The van der Waals surface area contributed by atoms with E-state index in [2.05, 4.69) is 4.98 Å². The molecule has 0 spiro atoms. The van der Waals surface area contributed by atoms with Crippen molar-refractivity contribution in [2.75, 3.05) is 0 Å². The summed E-state index contributed by atoms with van der Waals surface area (Å²) >= 11 is 0. The fourth-order valence-corrected chi connectivity index (χ4v) is 2.33. The number of aromatic nitrogens is 3. The number of pyridine rings is 1. The Morgan fingerprint density at radius 1 is 1.22 bits per heavy atom. The summed E-state index contributed by atoms with van der Waals surface area (Å²) in [7, 11) is 0. The third-order valence-electron chi connectivity index (χ3n) is 3.35. The lowest BCUT2D eigenvalue weighted by atomic mass is 10.3. The topological polar surface area (TPSA) is 83.0 Å². The summed E-state index contributed by atoms with van der Waals surface area (Å²) in [6.45, 7) is -3.13. The van der Waals surface area contributed by atoms with Crippen molar-refractivity contribution >= 4 is 16.7 Å². The van der Waals surface area contributed by atoms with Crippen molar-refractivity contribution in [3.8, 4) is 0 Å². The third-order valence-corrected chi connectivity index (χ3v) is 3.35. The van der Waals surface area contributed by atoms with Crippen LogP contribution in [0.25, 0.3) is 11.0 Å². The number of para-hydroxylation sites is 2. The van der Waals surface area contributed by atoms with Crippen molar-refractivity contribution in [1.82, 2.24) is 14.1 Å². The normalized spacial score (nSPS) is 11.3. The quantitative estimate of drug-likeness (QED) is 0.546. The second kappa shape index (κ2) is 5.59. The molecule has 0 saturated carbocycles. The van der Waals surface area contributed by atoms with Crippen LogP contribution in [-0.2, 0) is 6.54 Å². The number of hydrogen-bond donors (Lipinski definition) is 0. The summed E-state index contributed by atoms with van der Waals surface area (Å²) in [4.78, 5) is 26.0. The summed E-state index contributed by atoms with van der Waals surface area (Å²) in [6, 6.07) is 8.42. The van der Waals surface area contributed by atoms with E-state index in [0.29, 0.717) is 10.1 Å². The largest absolute Gasteiger partial charge is 0.320 e. The van der Waals surface area contributed by atoms with Crippen LogP contribution in [0.3, 0.4) is 0 Å². The molecule has 23 heavy (non-hydrogen) atoms. The van der Waals surface area contributed by atoms with E-state index in [1.165, 1.54) is 6.07 Å². The number of benzene rings is 1. The van der Waals surface area contributed by atoms with E-state index in [1.807, 2.05) is 0 Å². The number of rotatable bonds is 4. The maximum Gasteiger partial charge on any atom is 0.320 e. The Morgan fingerprint density at radius 2 is 1.96 bits per heavy atom. The van der Waals surface area contributed by atoms with Gasteiger partial charge in [-0.2, -0.15) is 8.78 Å². The highest BCUT2D eigenvalue weighted by molar-refractivity contribution is 5.75. The number of nitro groups is 1. The van der Waals surface area contributed by atoms with Crippen molar-refractivity contribution in [3.63, 3.8) is 0 Å². The molecule has 3 rings (SSSR count). The van der Waals surface area contributed by atoms with Gasteiger partial charge < -0.3 is 4.57 Å². The van der Waals surface area contributed by atoms with Gasteiger partial charge in [0.15, 0.2) is 0 Å². The molecule has 0 N–H and O–H groups in total. The lowest BCUT2D eigenvalue weighted by Gasteiger charge is -2.09. The average molecular weight is 320 g/mol. The molecule has 9 heteroatoms. The van der Waals surface area contributed by atoms with E-state index >= 15 is 0 Å². The Bertz CT molecular complexity index is 949. The molecule has 2 aromatic heterocycles. The monoisotopic (exact) mass is 320 g/mol. The van der Waals surface area contributed by atoms with Gasteiger partial charge in [-0.3, -0.25) is 19.5 Å². The van der Waals surface area contributed by atoms with E-state index in [9.17, 15) is 23.7 Å². The molecule has 0 radical (unpaired) electrons. The molecular formula is C14H10F2N4O3. The molecule has 2 heterocycles. The van der Waals surface area contributed by atoms with Gasteiger partial charge in [0.2, 0.25) is 0 Å². The minimum atomic E-state index is -2.84. The van der Waals surface area contributed by atoms with Crippen LogP contribution in [0.4, 0.5) is 14.5 Å². The average Bonchev–Trinajstić information content (AvgIpc) is 2.87. The Balaban J connectivity index is 2.12. The molecule has 7 nitrogen and oxygen atoms in total. The van der Waals surface area contributed by atoms with Gasteiger partial charge >= 0.3 is 6.55 Å². The van der Waals surface area contributed by atoms with Crippen molar-refractivity contribution < 1.29 is 13.7 Å². The Kier molecular flexibility index (Phi) is 3.61. The number of imidazole rings is 1. The standard InChI is InChI=1S/C14H10F2N4O3/c15-14(16)19-11-4-2-1-3-10(11)17-12(19)8-18-7-9(20(22)23)5-6-13(18)21/h1-7,14H,8H2. The minimum absolute atomic E-state index is 0.0520. The highest BCUT2D eigenvalue weighted by Crippen LogP contribution is 2.23. The maximum absolute atomic E-state index is 13.3. The van der Waals surface area contributed by atoms with E-state index in [-0.39, 0.29) is 23.6 Å². The first-order valence-electron chi connectivity index (χ1n) is 6.56. The molecule has 0 aliphatic rings. The Labute approximate surface area is 127 Å². The Morgan fingerprint density at radius 3 is 2.65 bits per heavy atom. The summed E-state index contributed by atoms with van der Waals surface area (Å²) in [5, 5.41) is 10.8. The predicted octanol–water partition coefficient (Wildman–Crippen LogP) is 2.55. The molecule has 0 aliphatic carbocycles. The zero-order valence-electron chi connectivity index (χ0n) is 11.6. The zero-order chi connectivity index (χ0) is 16.6. The Hall–Kier alpha value is -3.10. The van der Waals surface area contributed by atoms with Crippen molar-refractivity contribution in [1.29, 1.82) is 0 Å². The fourth-order valence-electron chi connectivity index (χ4n) is 2.33. The van der Waals surface area contributed by atoms with Gasteiger partial charge in [0, 0.05) is 12.1 Å². The molecule has 0 unspecified atom stereocenters. The van der Waals surface area contributed by atoms with E-state index in [1.54, 1.807) is 18.2 Å². The second-order valence-electron chi connectivity index (χ2n) is 4.77. The van der Waals surface area contributed by atoms with Crippen LogP contribution >= 0.6 is 0 Å². The van der Waals surface area contributed by atoms with Crippen molar-refractivity contribution in [3.05, 3.63) is 68.9 Å². The van der Waals surface area contributed by atoms with Gasteiger partial charge in [0.05, 0.1) is 28.7 Å². The minimum Gasteiger partial charge on any atom is -0.301 e. The molecule has 0 amide bonds. The number of hydrogen-bond acceptors (Lipinski definition) is 4. The van der Waals surface area contributed by atoms with Gasteiger partial charge in [-0.1, -0.05) is 12.1 Å². The lowest BCUT2D eigenvalue weighted by Crippen LogP contribution is -2.21. The second-order valence-corrected chi connectivity index (χ2v) is 4.77. The van der Waals surface area contributed by atoms with Crippen LogP contribution in [-0.4, -0.2) is 19.0 Å². The molecular weight excluding hydrogens is 310 g/mol. The van der Waals surface area contributed by atoms with Crippen LogP contribution in [0.15, 0.2) is 47.4 Å². The van der Waals surface area contributed by atoms with Crippen molar-refractivity contribution in [2.45, 2.75) is 13.1 Å². The van der Waals surface area contributed by atoms with E-state index in [0.717, 1.165) is 22.9 Å². The number of alkyl halides is 2. The molecule has 0 saturated heterocycles. The number of halogens is 2. The first kappa shape index (κ1) is 14.8. The van der Waals surface area contributed by atoms with Crippen LogP contribution in [0.5, 0.6) is 0 Å². The van der Waals surface area contributed by atoms with E-state index < -0.39 is 17.0 Å². The molecule has 0 atom stereocenters. The SMILES string of the molecule is O=c1ccc([N+](=O)[O-])cn1Cc1nc2ccccc2n1C(F)F. The smallest absolute Gasteiger partial charge is 0.301 e. The van der Waals surface area contributed by atoms with Crippen LogP contribution in [0.2, 0.25) is 0 Å². The fraction of sp³-hybridized carbons (Fsp3) is 0.143. The molecule has 0 aliphatic heterocycles. The van der Waals surface area contributed by atoms with E-state index in [4.69, 9.17) is 0 Å². The molecule has 3 aromatic rings. The lowest BCUT2D eigenvalue weighted by molar-refractivity contribution is -0.385. The summed E-state index contributed by atoms with van der Waals surface area (Å²) in [5.74, 6) is -0.0520. The first-order chi connectivity index (χ1) is 11.0. The number of nitrogens with zero attached hydrogens (tertiary/aromatic N) is 4. The van der Waals surface area contributed by atoms with Gasteiger partial charge in [-0.15, -0.1) is 0 Å². The maximum atomic E-state index is 13.3. The summed E-state index contributed by atoms with van der Waals surface area (Å²) in [5.41, 5.74) is -0.245. The molecule has 0 bridgehead atoms. The number of fused-ring (bicyclic) bond motifs is 1.